The van der Waals surface area contributed by atoms with E-state index in [9.17, 15) is 9.59 Å². The molecule has 5 nitrogen and oxygen atoms in total. The van der Waals surface area contributed by atoms with Crippen LogP contribution in [0, 0.1) is 0 Å². The number of hydrogen-bond donors (Lipinski definition) is 2. The van der Waals surface area contributed by atoms with Crippen molar-refractivity contribution in [2.75, 3.05) is 20.6 Å². The topological polar surface area (TPSA) is 69.6 Å². The molecular weight excluding hydrogens is 196 g/mol. The van der Waals surface area contributed by atoms with Gasteiger partial charge in [-0.15, -0.1) is 0 Å². The van der Waals surface area contributed by atoms with Crippen molar-refractivity contribution in [2.24, 2.45) is 0 Å². The van der Waals surface area contributed by atoms with Crippen LogP contribution in [0.1, 0.15) is 32.1 Å². The van der Waals surface area contributed by atoms with Crippen LogP contribution in [-0.4, -0.2) is 42.6 Å². The molecule has 2 amide bonds. The molecule has 0 saturated carbocycles. The van der Waals surface area contributed by atoms with Gasteiger partial charge in [0.15, 0.2) is 0 Å². The highest BCUT2D eigenvalue weighted by Gasteiger charge is 2.01. The largest absolute Gasteiger partial charge is 0.481 e. The summed E-state index contributed by atoms with van der Waals surface area (Å²) in [5.74, 6) is -0.740. The molecule has 0 atom stereocenters. The number of hydrogen-bond acceptors (Lipinski definition) is 2. The van der Waals surface area contributed by atoms with Gasteiger partial charge in [0.1, 0.15) is 0 Å². The molecule has 0 spiro atoms. The van der Waals surface area contributed by atoms with Gasteiger partial charge in [-0.3, -0.25) is 4.79 Å². The predicted octanol–water partition coefficient (Wildman–Crippen LogP) is 1.29. The average Bonchev–Trinajstić information content (AvgIpc) is 2.15. The Morgan fingerprint density at radius 3 is 2.27 bits per heavy atom. The Hall–Kier alpha value is -1.26. The van der Waals surface area contributed by atoms with E-state index in [0.717, 1.165) is 25.7 Å². The summed E-state index contributed by atoms with van der Waals surface area (Å²) in [6, 6.07) is -0.0828. The minimum absolute atomic E-state index is 0.0828. The SMILES string of the molecule is CN(C)C(=O)NCCCCCCC(=O)O. The number of carboxylic acids is 1. The third-order valence-electron chi connectivity index (χ3n) is 2.00. The van der Waals surface area contributed by atoms with Gasteiger partial charge in [-0.05, 0) is 12.8 Å². The normalized spacial score (nSPS) is 9.73. The number of amides is 2. The van der Waals surface area contributed by atoms with E-state index in [1.165, 1.54) is 4.90 Å². The van der Waals surface area contributed by atoms with Crippen LogP contribution < -0.4 is 5.32 Å². The average molecular weight is 216 g/mol. The van der Waals surface area contributed by atoms with Crippen LogP contribution in [0.5, 0.6) is 0 Å². The number of rotatable bonds is 7. The van der Waals surface area contributed by atoms with E-state index in [2.05, 4.69) is 5.32 Å². The number of nitrogens with one attached hydrogen (secondary N) is 1. The smallest absolute Gasteiger partial charge is 0.316 e. The highest BCUT2D eigenvalue weighted by molar-refractivity contribution is 5.73. The van der Waals surface area contributed by atoms with Crippen molar-refractivity contribution in [3.05, 3.63) is 0 Å². The molecule has 0 aliphatic rings. The number of carboxylic acid groups (broad SMARTS) is 1. The molecule has 0 fully saturated rings. The fourth-order valence-electron chi connectivity index (χ4n) is 1.11. The molecule has 15 heavy (non-hydrogen) atoms. The molecule has 0 aromatic heterocycles. The first kappa shape index (κ1) is 13.7. The van der Waals surface area contributed by atoms with Crippen molar-refractivity contribution < 1.29 is 14.7 Å². The molecule has 88 valence electrons. The maximum Gasteiger partial charge on any atom is 0.316 e. The first-order chi connectivity index (χ1) is 7.04. The van der Waals surface area contributed by atoms with Gasteiger partial charge < -0.3 is 15.3 Å². The van der Waals surface area contributed by atoms with E-state index in [1.54, 1.807) is 14.1 Å². The molecule has 0 radical (unpaired) electrons. The lowest BCUT2D eigenvalue weighted by atomic mass is 10.1. The van der Waals surface area contributed by atoms with Gasteiger partial charge in [-0.2, -0.15) is 0 Å². The highest BCUT2D eigenvalue weighted by atomic mass is 16.4. The molecule has 0 aliphatic heterocycles. The summed E-state index contributed by atoms with van der Waals surface area (Å²) in [5, 5.41) is 11.1. The zero-order chi connectivity index (χ0) is 11.7. The van der Waals surface area contributed by atoms with E-state index in [-0.39, 0.29) is 12.5 Å². The molecule has 0 heterocycles. The second-order valence-electron chi connectivity index (χ2n) is 3.68. The number of carbonyl (C=O) groups excluding carboxylic acids is 1. The Labute approximate surface area is 90.5 Å². The summed E-state index contributed by atoms with van der Waals surface area (Å²) >= 11 is 0. The number of unbranched alkanes of at least 4 members (excludes halogenated alkanes) is 3. The quantitative estimate of drug-likeness (QED) is 0.630. The molecule has 2 N–H and O–H groups in total. The Kier molecular flexibility index (Phi) is 7.40. The Balaban J connectivity index is 3.18. The number of urea groups is 1. The van der Waals surface area contributed by atoms with E-state index in [4.69, 9.17) is 5.11 Å². The molecule has 0 aliphatic carbocycles. The molecular formula is C10H20N2O3. The first-order valence-corrected chi connectivity index (χ1v) is 5.21. The third kappa shape index (κ3) is 9.05. The van der Waals surface area contributed by atoms with Crippen molar-refractivity contribution in [3.8, 4) is 0 Å². The van der Waals surface area contributed by atoms with Crippen LogP contribution in [0.2, 0.25) is 0 Å². The van der Waals surface area contributed by atoms with Crippen LogP contribution >= 0.6 is 0 Å². The number of aliphatic carboxylic acids is 1. The fraction of sp³-hybridized carbons (Fsp3) is 0.800. The van der Waals surface area contributed by atoms with Crippen LogP contribution in [0.15, 0.2) is 0 Å². The summed E-state index contributed by atoms with van der Waals surface area (Å²) in [6.45, 7) is 0.657. The molecule has 0 aromatic rings. The summed E-state index contributed by atoms with van der Waals surface area (Å²) < 4.78 is 0. The lowest BCUT2D eigenvalue weighted by molar-refractivity contribution is -0.137. The van der Waals surface area contributed by atoms with E-state index in [0.29, 0.717) is 6.54 Å². The van der Waals surface area contributed by atoms with Gasteiger partial charge in [-0.25, -0.2) is 4.79 Å². The summed E-state index contributed by atoms with van der Waals surface area (Å²) in [6.07, 6.45) is 3.73. The minimum Gasteiger partial charge on any atom is -0.481 e. The van der Waals surface area contributed by atoms with Crippen molar-refractivity contribution in [2.45, 2.75) is 32.1 Å². The molecule has 0 unspecified atom stereocenters. The maximum atomic E-state index is 11.1. The third-order valence-corrected chi connectivity index (χ3v) is 2.00. The Morgan fingerprint density at radius 2 is 1.73 bits per heavy atom. The van der Waals surface area contributed by atoms with Crippen LogP contribution in [0.3, 0.4) is 0 Å². The standard InChI is InChI=1S/C10H20N2O3/c1-12(2)10(15)11-8-6-4-3-5-7-9(13)14/h3-8H2,1-2H3,(H,11,15)(H,13,14). The number of carbonyl (C=O) groups is 2. The minimum atomic E-state index is -0.740. The highest BCUT2D eigenvalue weighted by Crippen LogP contribution is 2.02. The summed E-state index contributed by atoms with van der Waals surface area (Å²) in [5.41, 5.74) is 0. The van der Waals surface area contributed by atoms with Crippen molar-refractivity contribution in [1.29, 1.82) is 0 Å². The van der Waals surface area contributed by atoms with Crippen LogP contribution in [-0.2, 0) is 4.79 Å². The van der Waals surface area contributed by atoms with Crippen molar-refractivity contribution in [1.82, 2.24) is 10.2 Å². The predicted molar refractivity (Wildman–Crippen MR) is 57.8 cm³/mol. The number of nitrogens with zero attached hydrogens (tertiary/aromatic N) is 1. The lowest BCUT2D eigenvalue weighted by Gasteiger charge is -2.11. The molecule has 0 bridgehead atoms. The zero-order valence-corrected chi connectivity index (χ0v) is 9.45. The lowest BCUT2D eigenvalue weighted by Crippen LogP contribution is -2.34. The molecule has 0 saturated heterocycles. The van der Waals surface area contributed by atoms with Gasteiger partial charge in [0, 0.05) is 27.1 Å². The second-order valence-corrected chi connectivity index (χ2v) is 3.68. The summed E-state index contributed by atoms with van der Waals surface area (Å²) in [4.78, 5) is 22.7. The van der Waals surface area contributed by atoms with Gasteiger partial charge in [0.25, 0.3) is 0 Å². The molecule has 0 rings (SSSR count). The maximum absolute atomic E-state index is 11.1. The summed E-state index contributed by atoms with van der Waals surface area (Å²) in [7, 11) is 3.39. The van der Waals surface area contributed by atoms with Crippen molar-refractivity contribution in [3.63, 3.8) is 0 Å². The zero-order valence-electron chi connectivity index (χ0n) is 9.45. The van der Waals surface area contributed by atoms with Gasteiger partial charge in [-0.1, -0.05) is 12.8 Å². The van der Waals surface area contributed by atoms with E-state index in [1.807, 2.05) is 0 Å². The molecule has 5 heteroatoms. The monoisotopic (exact) mass is 216 g/mol. The van der Waals surface area contributed by atoms with Gasteiger partial charge in [0.05, 0.1) is 0 Å². The Bertz CT molecular complexity index is 205. The first-order valence-electron chi connectivity index (χ1n) is 5.21. The second kappa shape index (κ2) is 8.08. The fourth-order valence-corrected chi connectivity index (χ4v) is 1.11. The van der Waals surface area contributed by atoms with E-state index < -0.39 is 5.97 Å². The molecule has 0 aromatic carbocycles. The van der Waals surface area contributed by atoms with Crippen molar-refractivity contribution >= 4 is 12.0 Å². The van der Waals surface area contributed by atoms with Crippen LogP contribution in [0.25, 0.3) is 0 Å². The van der Waals surface area contributed by atoms with Gasteiger partial charge >= 0.3 is 12.0 Å². The van der Waals surface area contributed by atoms with E-state index >= 15 is 0 Å². The van der Waals surface area contributed by atoms with Crippen LogP contribution in [0.4, 0.5) is 4.79 Å². The Morgan fingerprint density at radius 1 is 1.13 bits per heavy atom. The van der Waals surface area contributed by atoms with Gasteiger partial charge in [0.2, 0.25) is 0 Å².